The molecular weight excluding hydrogens is 280 g/mol. The quantitative estimate of drug-likeness (QED) is 0.736. The average Bonchev–Trinajstić information content (AvgIpc) is 2.46. The fourth-order valence-corrected chi connectivity index (χ4v) is 1.96. The van der Waals surface area contributed by atoms with Crippen LogP contribution in [0, 0.1) is 0 Å². The molecule has 0 unspecified atom stereocenters. The van der Waals surface area contributed by atoms with Crippen molar-refractivity contribution in [2.24, 2.45) is 0 Å². The minimum atomic E-state index is -2.90. The molecule has 6 heteroatoms. The van der Waals surface area contributed by atoms with Crippen molar-refractivity contribution in [2.75, 3.05) is 13.7 Å². The lowest BCUT2D eigenvalue weighted by molar-refractivity contribution is -0.0512. The molecule has 0 spiro atoms. The monoisotopic (exact) mass is 303 g/mol. The summed E-state index contributed by atoms with van der Waals surface area (Å²) in [6, 6.07) is 4.86. The highest BCUT2D eigenvalue weighted by molar-refractivity contribution is 5.42. The van der Waals surface area contributed by atoms with Gasteiger partial charge in [-0.25, -0.2) is 0 Å². The number of ether oxygens (including phenoxy) is 2. The van der Waals surface area contributed by atoms with Gasteiger partial charge in [0.25, 0.3) is 0 Å². The summed E-state index contributed by atoms with van der Waals surface area (Å²) >= 11 is 0. The second-order valence-electron chi connectivity index (χ2n) is 4.90. The van der Waals surface area contributed by atoms with Crippen LogP contribution in [-0.4, -0.2) is 31.0 Å². The van der Waals surface area contributed by atoms with E-state index in [1.54, 1.807) is 12.1 Å². The van der Waals surface area contributed by atoms with Crippen LogP contribution in [0.5, 0.6) is 11.5 Å². The molecule has 1 aromatic carbocycles. The molecule has 0 saturated heterocycles. The van der Waals surface area contributed by atoms with E-state index in [1.807, 2.05) is 13.8 Å². The number of alkyl halides is 2. The van der Waals surface area contributed by atoms with Gasteiger partial charge in [-0.1, -0.05) is 19.9 Å². The molecule has 4 nitrogen and oxygen atoms in total. The van der Waals surface area contributed by atoms with Gasteiger partial charge in [-0.3, -0.25) is 0 Å². The lowest BCUT2D eigenvalue weighted by Crippen LogP contribution is -2.39. The average molecular weight is 303 g/mol. The fourth-order valence-electron chi connectivity index (χ4n) is 1.96. The van der Waals surface area contributed by atoms with Crippen LogP contribution in [0.3, 0.4) is 0 Å². The number of aliphatic hydroxyl groups is 1. The summed E-state index contributed by atoms with van der Waals surface area (Å²) < 4.78 is 34.1. The van der Waals surface area contributed by atoms with Crippen molar-refractivity contribution < 1.29 is 23.4 Å². The molecule has 0 aliphatic rings. The molecular formula is C15H23F2NO3. The topological polar surface area (TPSA) is 50.7 Å². The SMILES string of the molecule is CCC(O)(CC)CNCc1ccc(OC)c(OC(F)F)c1. The highest BCUT2D eigenvalue weighted by Crippen LogP contribution is 2.29. The molecule has 0 aliphatic heterocycles. The normalized spacial score (nSPS) is 11.8. The van der Waals surface area contributed by atoms with Gasteiger partial charge >= 0.3 is 6.61 Å². The molecule has 1 rings (SSSR count). The summed E-state index contributed by atoms with van der Waals surface area (Å²) in [5.74, 6) is 0.269. The summed E-state index contributed by atoms with van der Waals surface area (Å²) in [6.07, 6.45) is 1.30. The van der Waals surface area contributed by atoms with Crippen molar-refractivity contribution in [3.05, 3.63) is 23.8 Å². The van der Waals surface area contributed by atoms with Gasteiger partial charge < -0.3 is 19.9 Å². The third kappa shape index (κ3) is 5.47. The Morgan fingerprint density at radius 3 is 2.43 bits per heavy atom. The molecule has 0 heterocycles. The number of halogens is 2. The zero-order valence-electron chi connectivity index (χ0n) is 12.7. The Morgan fingerprint density at radius 1 is 1.24 bits per heavy atom. The summed E-state index contributed by atoms with van der Waals surface area (Å²) in [7, 11) is 1.40. The third-order valence-electron chi connectivity index (χ3n) is 3.54. The van der Waals surface area contributed by atoms with Gasteiger partial charge in [0.1, 0.15) is 0 Å². The molecule has 21 heavy (non-hydrogen) atoms. The van der Waals surface area contributed by atoms with Crippen molar-refractivity contribution in [1.29, 1.82) is 0 Å². The Balaban J connectivity index is 2.67. The minimum absolute atomic E-state index is 0.00745. The number of hydrogen-bond acceptors (Lipinski definition) is 4. The molecule has 0 aliphatic carbocycles. The Hall–Kier alpha value is -1.40. The molecule has 0 radical (unpaired) electrons. The first kappa shape index (κ1) is 17.7. The van der Waals surface area contributed by atoms with E-state index in [-0.39, 0.29) is 11.5 Å². The lowest BCUT2D eigenvalue weighted by Gasteiger charge is -2.25. The molecule has 0 aromatic heterocycles. The molecule has 0 amide bonds. The van der Waals surface area contributed by atoms with E-state index >= 15 is 0 Å². The molecule has 0 fully saturated rings. The minimum Gasteiger partial charge on any atom is -0.493 e. The van der Waals surface area contributed by atoms with Crippen LogP contribution in [0.1, 0.15) is 32.3 Å². The van der Waals surface area contributed by atoms with E-state index < -0.39 is 12.2 Å². The second kappa shape index (κ2) is 8.14. The number of benzene rings is 1. The van der Waals surface area contributed by atoms with Crippen LogP contribution in [-0.2, 0) is 6.54 Å². The third-order valence-corrected chi connectivity index (χ3v) is 3.54. The Labute approximate surface area is 124 Å². The zero-order valence-corrected chi connectivity index (χ0v) is 12.7. The van der Waals surface area contributed by atoms with Crippen LogP contribution in [0.25, 0.3) is 0 Å². The highest BCUT2D eigenvalue weighted by atomic mass is 19.3. The maximum Gasteiger partial charge on any atom is 0.387 e. The zero-order chi connectivity index (χ0) is 15.9. The molecule has 120 valence electrons. The van der Waals surface area contributed by atoms with Crippen molar-refractivity contribution >= 4 is 0 Å². The Morgan fingerprint density at radius 2 is 1.90 bits per heavy atom. The van der Waals surface area contributed by atoms with Gasteiger partial charge in [0.05, 0.1) is 12.7 Å². The fraction of sp³-hybridized carbons (Fsp3) is 0.600. The maximum atomic E-state index is 12.3. The lowest BCUT2D eigenvalue weighted by atomic mass is 9.97. The Kier molecular flexibility index (Phi) is 6.84. The van der Waals surface area contributed by atoms with Gasteiger partial charge in [-0.2, -0.15) is 8.78 Å². The maximum absolute atomic E-state index is 12.3. The van der Waals surface area contributed by atoms with Gasteiger partial charge in [-0.15, -0.1) is 0 Å². The molecule has 2 N–H and O–H groups in total. The van der Waals surface area contributed by atoms with E-state index in [0.717, 1.165) is 5.56 Å². The summed E-state index contributed by atoms with van der Waals surface area (Å²) in [6.45, 7) is 1.84. The van der Waals surface area contributed by atoms with Crippen molar-refractivity contribution in [1.82, 2.24) is 5.32 Å². The predicted molar refractivity (Wildman–Crippen MR) is 76.9 cm³/mol. The van der Waals surface area contributed by atoms with Crippen LogP contribution in [0.4, 0.5) is 8.78 Å². The van der Waals surface area contributed by atoms with E-state index in [0.29, 0.717) is 25.9 Å². The van der Waals surface area contributed by atoms with Crippen LogP contribution < -0.4 is 14.8 Å². The summed E-state index contributed by atoms with van der Waals surface area (Å²) in [4.78, 5) is 0. The number of nitrogens with one attached hydrogen (secondary N) is 1. The largest absolute Gasteiger partial charge is 0.493 e. The van der Waals surface area contributed by atoms with Gasteiger partial charge in [0.15, 0.2) is 11.5 Å². The molecule has 0 atom stereocenters. The van der Waals surface area contributed by atoms with E-state index in [1.165, 1.54) is 13.2 Å². The van der Waals surface area contributed by atoms with Gasteiger partial charge in [0.2, 0.25) is 0 Å². The van der Waals surface area contributed by atoms with Gasteiger partial charge in [0, 0.05) is 13.1 Å². The summed E-state index contributed by atoms with van der Waals surface area (Å²) in [5, 5.41) is 13.3. The van der Waals surface area contributed by atoms with Gasteiger partial charge in [-0.05, 0) is 30.5 Å². The van der Waals surface area contributed by atoms with Crippen molar-refractivity contribution in [3.8, 4) is 11.5 Å². The first-order valence-electron chi connectivity index (χ1n) is 6.99. The molecule has 0 bridgehead atoms. The van der Waals surface area contributed by atoms with Crippen molar-refractivity contribution in [2.45, 2.75) is 45.4 Å². The predicted octanol–water partition coefficient (Wildman–Crippen LogP) is 2.94. The highest BCUT2D eigenvalue weighted by Gasteiger charge is 2.21. The first-order valence-corrected chi connectivity index (χ1v) is 6.99. The standard InChI is InChI=1S/C15H23F2NO3/c1-4-15(19,5-2)10-18-9-11-6-7-12(20-3)13(8-11)21-14(16)17/h6-8,14,18-19H,4-5,9-10H2,1-3H3. The smallest absolute Gasteiger partial charge is 0.387 e. The summed E-state index contributed by atoms with van der Waals surface area (Å²) in [5.41, 5.74) is 0.0374. The molecule has 1 aromatic rings. The van der Waals surface area contributed by atoms with E-state index in [2.05, 4.69) is 10.1 Å². The number of hydrogen-bond donors (Lipinski definition) is 2. The van der Waals surface area contributed by atoms with Crippen LogP contribution in [0.2, 0.25) is 0 Å². The second-order valence-corrected chi connectivity index (χ2v) is 4.90. The first-order chi connectivity index (χ1) is 9.94. The molecule has 0 saturated carbocycles. The van der Waals surface area contributed by atoms with Crippen LogP contribution >= 0.6 is 0 Å². The van der Waals surface area contributed by atoms with E-state index in [4.69, 9.17) is 4.74 Å². The Bertz CT molecular complexity index is 437. The van der Waals surface area contributed by atoms with Crippen LogP contribution in [0.15, 0.2) is 18.2 Å². The number of rotatable bonds is 9. The number of methoxy groups -OCH3 is 1. The van der Waals surface area contributed by atoms with E-state index in [9.17, 15) is 13.9 Å². The van der Waals surface area contributed by atoms with Crippen molar-refractivity contribution in [3.63, 3.8) is 0 Å².